The number of carbonyl (C=O) groups is 1. The molecule has 136 valence electrons. The van der Waals surface area contributed by atoms with Crippen LogP contribution in [0.5, 0.6) is 5.75 Å². The number of benzene rings is 2. The van der Waals surface area contributed by atoms with Gasteiger partial charge in [0, 0.05) is 32.3 Å². The third kappa shape index (κ3) is 2.83. The SMILES string of the molecule is CN(C)C(=O)c1ccc2nc(-c3c(O)c(-c4ccccc4)nn3C)[nH]c2c1. The van der Waals surface area contributed by atoms with Crippen molar-refractivity contribution in [3.63, 3.8) is 0 Å². The zero-order chi connectivity index (χ0) is 19.1. The van der Waals surface area contributed by atoms with Crippen LogP contribution in [0.2, 0.25) is 0 Å². The second-order valence-corrected chi connectivity index (χ2v) is 6.55. The third-order valence-corrected chi connectivity index (χ3v) is 4.43. The summed E-state index contributed by atoms with van der Waals surface area (Å²) in [6.07, 6.45) is 0. The molecule has 7 heteroatoms. The number of amides is 1. The van der Waals surface area contributed by atoms with E-state index in [9.17, 15) is 9.90 Å². The number of fused-ring (bicyclic) bond motifs is 1. The highest BCUT2D eigenvalue weighted by Crippen LogP contribution is 2.36. The first-order valence-electron chi connectivity index (χ1n) is 8.49. The number of hydrogen-bond acceptors (Lipinski definition) is 4. The van der Waals surface area contributed by atoms with Crippen LogP contribution >= 0.6 is 0 Å². The van der Waals surface area contributed by atoms with Crippen molar-refractivity contribution in [1.29, 1.82) is 0 Å². The van der Waals surface area contributed by atoms with Gasteiger partial charge in [0.15, 0.2) is 11.6 Å². The zero-order valence-corrected chi connectivity index (χ0v) is 15.3. The molecule has 2 heterocycles. The summed E-state index contributed by atoms with van der Waals surface area (Å²) in [5, 5.41) is 15.2. The highest BCUT2D eigenvalue weighted by atomic mass is 16.3. The highest BCUT2D eigenvalue weighted by Gasteiger charge is 2.21. The maximum atomic E-state index is 12.2. The number of H-pyrrole nitrogens is 1. The first-order chi connectivity index (χ1) is 13.0. The molecule has 4 rings (SSSR count). The molecule has 0 atom stereocenters. The molecule has 0 aliphatic rings. The summed E-state index contributed by atoms with van der Waals surface area (Å²) in [6, 6.07) is 14.8. The monoisotopic (exact) mass is 361 g/mol. The first-order valence-corrected chi connectivity index (χ1v) is 8.49. The summed E-state index contributed by atoms with van der Waals surface area (Å²) in [5.74, 6) is 0.476. The minimum absolute atomic E-state index is 0.0624. The lowest BCUT2D eigenvalue weighted by molar-refractivity contribution is 0.0827. The molecule has 0 radical (unpaired) electrons. The van der Waals surface area contributed by atoms with Gasteiger partial charge in [-0.1, -0.05) is 30.3 Å². The number of aromatic amines is 1. The van der Waals surface area contributed by atoms with E-state index in [-0.39, 0.29) is 11.7 Å². The fourth-order valence-electron chi connectivity index (χ4n) is 3.08. The summed E-state index contributed by atoms with van der Waals surface area (Å²) in [7, 11) is 5.18. The highest BCUT2D eigenvalue weighted by molar-refractivity contribution is 5.97. The molecular formula is C20H19N5O2. The van der Waals surface area contributed by atoms with Crippen LogP contribution in [0.4, 0.5) is 0 Å². The van der Waals surface area contributed by atoms with Crippen molar-refractivity contribution in [1.82, 2.24) is 24.6 Å². The number of rotatable bonds is 3. The number of aromatic hydroxyl groups is 1. The van der Waals surface area contributed by atoms with Crippen LogP contribution in [0, 0.1) is 0 Å². The Bertz CT molecular complexity index is 1140. The molecule has 1 amide bonds. The number of nitrogens with zero attached hydrogens (tertiary/aromatic N) is 4. The molecule has 0 saturated carbocycles. The van der Waals surface area contributed by atoms with Crippen molar-refractivity contribution >= 4 is 16.9 Å². The van der Waals surface area contributed by atoms with Gasteiger partial charge in [0.2, 0.25) is 0 Å². The molecule has 2 N–H and O–H groups in total. The van der Waals surface area contributed by atoms with Crippen LogP contribution < -0.4 is 0 Å². The van der Waals surface area contributed by atoms with E-state index >= 15 is 0 Å². The summed E-state index contributed by atoms with van der Waals surface area (Å²) in [4.78, 5) is 21.4. The van der Waals surface area contributed by atoms with Crippen molar-refractivity contribution in [3.05, 3.63) is 54.1 Å². The van der Waals surface area contributed by atoms with E-state index in [4.69, 9.17) is 0 Å². The van der Waals surface area contributed by atoms with Crippen LogP contribution in [-0.4, -0.2) is 49.8 Å². The second kappa shape index (κ2) is 6.28. The van der Waals surface area contributed by atoms with E-state index < -0.39 is 0 Å². The fraction of sp³-hybridized carbons (Fsp3) is 0.150. The number of hydrogen-bond donors (Lipinski definition) is 2. The zero-order valence-electron chi connectivity index (χ0n) is 15.3. The Hall–Kier alpha value is -3.61. The van der Waals surface area contributed by atoms with E-state index in [0.717, 1.165) is 11.1 Å². The normalized spacial score (nSPS) is 11.1. The van der Waals surface area contributed by atoms with Crippen LogP contribution in [0.15, 0.2) is 48.5 Å². The predicted molar refractivity (Wildman–Crippen MR) is 103 cm³/mol. The van der Waals surface area contributed by atoms with E-state index in [1.165, 1.54) is 4.90 Å². The van der Waals surface area contributed by atoms with Gasteiger partial charge in [-0.2, -0.15) is 5.10 Å². The number of aromatic nitrogens is 4. The molecule has 0 fully saturated rings. The molecular weight excluding hydrogens is 342 g/mol. The Morgan fingerprint density at radius 2 is 1.89 bits per heavy atom. The summed E-state index contributed by atoms with van der Waals surface area (Å²) >= 11 is 0. The summed E-state index contributed by atoms with van der Waals surface area (Å²) in [6.45, 7) is 0. The Kier molecular flexibility index (Phi) is 3.92. The van der Waals surface area contributed by atoms with E-state index in [1.54, 1.807) is 44.0 Å². The Morgan fingerprint density at radius 3 is 2.59 bits per heavy atom. The number of aryl methyl sites for hydroxylation is 1. The fourth-order valence-corrected chi connectivity index (χ4v) is 3.08. The average molecular weight is 361 g/mol. The molecule has 7 nitrogen and oxygen atoms in total. The lowest BCUT2D eigenvalue weighted by Gasteiger charge is -2.09. The molecule has 0 saturated heterocycles. The topological polar surface area (TPSA) is 87.0 Å². The lowest BCUT2D eigenvalue weighted by atomic mass is 10.1. The van der Waals surface area contributed by atoms with Gasteiger partial charge >= 0.3 is 0 Å². The van der Waals surface area contributed by atoms with Gasteiger partial charge in [0.1, 0.15) is 11.4 Å². The first kappa shape index (κ1) is 16.8. The Morgan fingerprint density at radius 1 is 1.15 bits per heavy atom. The van der Waals surface area contributed by atoms with Crippen molar-refractivity contribution in [2.75, 3.05) is 14.1 Å². The maximum absolute atomic E-state index is 12.2. The van der Waals surface area contributed by atoms with E-state index in [0.29, 0.717) is 28.3 Å². The van der Waals surface area contributed by atoms with Crippen molar-refractivity contribution in [2.45, 2.75) is 0 Å². The number of carbonyl (C=O) groups excluding carboxylic acids is 1. The minimum atomic E-state index is -0.0807. The van der Waals surface area contributed by atoms with Crippen molar-refractivity contribution in [2.24, 2.45) is 7.05 Å². The van der Waals surface area contributed by atoms with Gasteiger partial charge in [-0.05, 0) is 18.2 Å². The molecule has 27 heavy (non-hydrogen) atoms. The van der Waals surface area contributed by atoms with Gasteiger partial charge in [-0.25, -0.2) is 4.98 Å². The van der Waals surface area contributed by atoms with Crippen LogP contribution in [0.1, 0.15) is 10.4 Å². The summed E-state index contributed by atoms with van der Waals surface area (Å²) in [5.41, 5.74) is 3.82. The number of nitrogens with one attached hydrogen (secondary N) is 1. The minimum Gasteiger partial charge on any atom is -0.504 e. The largest absolute Gasteiger partial charge is 0.504 e. The molecule has 4 aromatic rings. The second-order valence-electron chi connectivity index (χ2n) is 6.55. The van der Waals surface area contributed by atoms with Gasteiger partial charge in [0.25, 0.3) is 5.91 Å². The lowest BCUT2D eigenvalue weighted by Crippen LogP contribution is -2.21. The van der Waals surface area contributed by atoms with Crippen LogP contribution in [0.3, 0.4) is 0 Å². The van der Waals surface area contributed by atoms with Gasteiger partial charge < -0.3 is 15.0 Å². The predicted octanol–water partition coefficient (Wildman–Crippen LogP) is 3.04. The van der Waals surface area contributed by atoms with Crippen molar-refractivity contribution in [3.8, 4) is 28.5 Å². The van der Waals surface area contributed by atoms with Crippen LogP contribution in [-0.2, 0) is 7.05 Å². The third-order valence-electron chi connectivity index (χ3n) is 4.43. The molecule has 2 aromatic heterocycles. The Labute approximate surface area is 155 Å². The number of imidazole rings is 1. The van der Waals surface area contributed by atoms with Gasteiger partial charge in [-0.3, -0.25) is 9.48 Å². The van der Waals surface area contributed by atoms with E-state index in [2.05, 4.69) is 15.1 Å². The van der Waals surface area contributed by atoms with E-state index in [1.807, 2.05) is 30.3 Å². The van der Waals surface area contributed by atoms with Gasteiger partial charge in [0.05, 0.1) is 11.0 Å². The standard InChI is InChI=1S/C20H19N5O2/c1-24(2)20(27)13-9-10-14-15(11-13)22-19(21-14)17-18(26)16(23-25(17)3)12-7-5-4-6-8-12/h4-11,26H,1-3H3,(H,21,22). The molecule has 0 aliphatic carbocycles. The average Bonchev–Trinajstić information content (AvgIpc) is 3.20. The molecule has 2 aromatic carbocycles. The van der Waals surface area contributed by atoms with Crippen LogP contribution in [0.25, 0.3) is 33.8 Å². The maximum Gasteiger partial charge on any atom is 0.253 e. The quantitative estimate of drug-likeness (QED) is 0.587. The molecule has 0 aliphatic heterocycles. The summed E-state index contributed by atoms with van der Waals surface area (Å²) < 4.78 is 1.60. The molecule has 0 unspecified atom stereocenters. The smallest absolute Gasteiger partial charge is 0.253 e. The van der Waals surface area contributed by atoms with Crippen molar-refractivity contribution < 1.29 is 9.90 Å². The Balaban J connectivity index is 1.81. The molecule has 0 spiro atoms. The van der Waals surface area contributed by atoms with Gasteiger partial charge in [-0.15, -0.1) is 0 Å². The molecule has 0 bridgehead atoms.